The van der Waals surface area contributed by atoms with E-state index >= 15 is 0 Å². The smallest absolute Gasteiger partial charge is 0.0320 e. The number of thiophene rings is 1. The van der Waals surface area contributed by atoms with Gasteiger partial charge in [0.2, 0.25) is 0 Å². The minimum atomic E-state index is 0.454. The fourth-order valence-electron chi connectivity index (χ4n) is 2.12. The normalized spacial score (nSPS) is 12.6. The topological polar surface area (TPSA) is 12.0 Å². The fourth-order valence-corrected chi connectivity index (χ4v) is 2.79. The minimum absolute atomic E-state index is 0.454. The lowest BCUT2D eigenvalue weighted by molar-refractivity contribution is 0.519. The molecule has 1 heterocycles. The van der Waals surface area contributed by atoms with Gasteiger partial charge in [-0.1, -0.05) is 38.1 Å². The number of nitrogens with one attached hydrogen (secondary N) is 1. The summed E-state index contributed by atoms with van der Waals surface area (Å²) < 4.78 is 0. The van der Waals surface area contributed by atoms with E-state index in [1.54, 1.807) is 11.3 Å². The maximum Gasteiger partial charge on any atom is 0.0320 e. The Morgan fingerprint density at radius 1 is 1.06 bits per heavy atom. The van der Waals surface area contributed by atoms with Crippen molar-refractivity contribution in [3.05, 3.63) is 57.8 Å². The lowest BCUT2D eigenvalue weighted by Crippen LogP contribution is -2.19. The number of hydrogen-bond donors (Lipinski definition) is 1. The van der Waals surface area contributed by atoms with E-state index in [9.17, 15) is 0 Å². The lowest BCUT2D eigenvalue weighted by Gasteiger charge is -2.17. The predicted molar refractivity (Wildman–Crippen MR) is 80.0 cm³/mol. The quantitative estimate of drug-likeness (QED) is 0.802. The van der Waals surface area contributed by atoms with Gasteiger partial charge in [-0.15, -0.1) is 0 Å². The van der Waals surface area contributed by atoms with Gasteiger partial charge in [-0.05, 0) is 46.4 Å². The van der Waals surface area contributed by atoms with Crippen LogP contribution < -0.4 is 5.32 Å². The molecule has 1 atom stereocenters. The van der Waals surface area contributed by atoms with Crippen LogP contribution in [0, 0.1) is 0 Å². The highest BCUT2D eigenvalue weighted by molar-refractivity contribution is 7.07. The number of benzene rings is 1. The summed E-state index contributed by atoms with van der Waals surface area (Å²) in [5.41, 5.74) is 4.18. The molecule has 1 nitrogen and oxygen atoms in total. The third kappa shape index (κ3) is 3.44. The Kier molecular flexibility index (Phi) is 4.97. The van der Waals surface area contributed by atoms with Crippen molar-refractivity contribution in [2.24, 2.45) is 0 Å². The van der Waals surface area contributed by atoms with Gasteiger partial charge in [0.05, 0.1) is 0 Å². The van der Waals surface area contributed by atoms with Gasteiger partial charge in [0.15, 0.2) is 0 Å². The summed E-state index contributed by atoms with van der Waals surface area (Å²) in [6.07, 6.45) is 2.23. The van der Waals surface area contributed by atoms with E-state index in [1.165, 1.54) is 16.7 Å². The molecule has 1 aromatic heterocycles. The van der Waals surface area contributed by atoms with Crippen molar-refractivity contribution in [3.63, 3.8) is 0 Å². The SMILES string of the molecule is CCc1ccc(C(CC)NCc2ccsc2)cc1. The van der Waals surface area contributed by atoms with Gasteiger partial charge in [-0.3, -0.25) is 0 Å². The summed E-state index contributed by atoms with van der Waals surface area (Å²) >= 11 is 1.76. The zero-order chi connectivity index (χ0) is 12.8. The van der Waals surface area contributed by atoms with Gasteiger partial charge >= 0.3 is 0 Å². The van der Waals surface area contributed by atoms with Crippen molar-refractivity contribution in [1.29, 1.82) is 0 Å². The maximum atomic E-state index is 3.63. The first-order valence-electron chi connectivity index (χ1n) is 6.66. The summed E-state index contributed by atoms with van der Waals surface area (Å²) in [5.74, 6) is 0. The molecule has 0 amide bonds. The second kappa shape index (κ2) is 6.72. The van der Waals surface area contributed by atoms with E-state index in [1.807, 2.05) is 0 Å². The van der Waals surface area contributed by atoms with E-state index in [0.29, 0.717) is 6.04 Å². The van der Waals surface area contributed by atoms with Crippen molar-refractivity contribution in [2.45, 2.75) is 39.3 Å². The first-order valence-corrected chi connectivity index (χ1v) is 7.61. The number of rotatable bonds is 6. The van der Waals surface area contributed by atoms with E-state index in [2.05, 4.69) is 60.3 Å². The van der Waals surface area contributed by atoms with Crippen LogP contribution in [0.25, 0.3) is 0 Å². The van der Waals surface area contributed by atoms with Crippen LogP contribution in [-0.4, -0.2) is 0 Å². The molecule has 0 aliphatic carbocycles. The Hall–Kier alpha value is -1.12. The summed E-state index contributed by atoms with van der Waals surface area (Å²) in [6.45, 7) is 5.39. The van der Waals surface area contributed by atoms with E-state index < -0.39 is 0 Å². The maximum absolute atomic E-state index is 3.63. The average molecular weight is 259 g/mol. The molecule has 2 heteroatoms. The second-order valence-corrected chi connectivity index (χ2v) is 5.35. The van der Waals surface area contributed by atoms with Crippen LogP contribution in [0.2, 0.25) is 0 Å². The largest absolute Gasteiger partial charge is 0.306 e. The molecule has 0 spiro atoms. The Labute approximate surface area is 114 Å². The Morgan fingerprint density at radius 3 is 2.39 bits per heavy atom. The first kappa shape index (κ1) is 13.3. The van der Waals surface area contributed by atoms with Gasteiger partial charge in [-0.2, -0.15) is 11.3 Å². The van der Waals surface area contributed by atoms with Gasteiger partial charge in [0, 0.05) is 12.6 Å². The molecule has 18 heavy (non-hydrogen) atoms. The van der Waals surface area contributed by atoms with Gasteiger partial charge in [-0.25, -0.2) is 0 Å². The van der Waals surface area contributed by atoms with Crippen molar-refractivity contribution in [1.82, 2.24) is 5.32 Å². The average Bonchev–Trinajstić information content (AvgIpc) is 2.93. The third-order valence-electron chi connectivity index (χ3n) is 3.33. The molecule has 0 radical (unpaired) electrons. The van der Waals surface area contributed by atoms with Crippen LogP contribution in [0.5, 0.6) is 0 Å². The highest BCUT2D eigenvalue weighted by Gasteiger charge is 2.08. The number of aryl methyl sites for hydroxylation is 1. The van der Waals surface area contributed by atoms with Crippen LogP contribution in [0.3, 0.4) is 0 Å². The molecule has 0 bridgehead atoms. The van der Waals surface area contributed by atoms with Crippen molar-refractivity contribution >= 4 is 11.3 Å². The van der Waals surface area contributed by atoms with Gasteiger partial charge < -0.3 is 5.32 Å². The van der Waals surface area contributed by atoms with Gasteiger partial charge in [0.1, 0.15) is 0 Å². The molecular weight excluding hydrogens is 238 g/mol. The molecular formula is C16H21NS. The van der Waals surface area contributed by atoms with E-state index in [0.717, 1.165) is 19.4 Å². The van der Waals surface area contributed by atoms with Crippen LogP contribution in [0.15, 0.2) is 41.1 Å². The minimum Gasteiger partial charge on any atom is -0.306 e. The van der Waals surface area contributed by atoms with Gasteiger partial charge in [0.25, 0.3) is 0 Å². The van der Waals surface area contributed by atoms with Crippen molar-refractivity contribution in [2.75, 3.05) is 0 Å². The molecule has 0 saturated carbocycles. The number of hydrogen-bond acceptors (Lipinski definition) is 2. The summed E-state index contributed by atoms with van der Waals surface area (Å²) in [5, 5.41) is 7.97. The zero-order valence-corrected chi connectivity index (χ0v) is 12.0. The second-order valence-electron chi connectivity index (χ2n) is 4.57. The van der Waals surface area contributed by atoms with E-state index in [4.69, 9.17) is 0 Å². The Bertz CT molecular complexity index is 444. The molecule has 1 N–H and O–H groups in total. The molecule has 96 valence electrons. The molecule has 0 saturated heterocycles. The van der Waals surface area contributed by atoms with Crippen LogP contribution >= 0.6 is 11.3 Å². The zero-order valence-electron chi connectivity index (χ0n) is 11.1. The van der Waals surface area contributed by atoms with Crippen molar-refractivity contribution in [3.8, 4) is 0 Å². The predicted octanol–water partition coefficient (Wildman–Crippen LogP) is 4.55. The Morgan fingerprint density at radius 2 is 1.83 bits per heavy atom. The van der Waals surface area contributed by atoms with Crippen molar-refractivity contribution < 1.29 is 0 Å². The molecule has 0 fully saturated rings. The van der Waals surface area contributed by atoms with Crippen LogP contribution in [0.4, 0.5) is 0 Å². The molecule has 0 aliphatic heterocycles. The fraction of sp³-hybridized carbons (Fsp3) is 0.375. The Balaban J connectivity index is 1.98. The van der Waals surface area contributed by atoms with Crippen LogP contribution in [-0.2, 0) is 13.0 Å². The standard InChI is InChI=1S/C16H21NS/c1-3-13-5-7-15(8-6-13)16(4-2)17-11-14-9-10-18-12-14/h5-10,12,16-17H,3-4,11H2,1-2H3. The molecule has 2 aromatic rings. The van der Waals surface area contributed by atoms with E-state index in [-0.39, 0.29) is 0 Å². The molecule has 0 aliphatic rings. The highest BCUT2D eigenvalue weighted by atomic mass is 32.1. The summed E-state index contributed by atoms with van der Waals surface area (Å²) in [4.78, 5) is 0. The molecule has 1 unspecified atom stereocenters. The molecule has 1 aromatic carbocycles. The molecule has 2 rings (SSSR count). The summed E-state index contributed by atoms with van der Waals surface area (Å²) in [7, 11) is 0. The summed E-state index contributed by atoms with van der Waals surface area (Å²) in [6, 6.07) is 11.6. The third-order valence-corrected chi connectivity index (χ3v) is 4.06. The monoisotopic (exact) mass is 259 g/mol. The lowest BCUT2D eigenvalue weighted by atomic mass is 10.0. The highest BCUT2D eigenvalue weighted by Crippen LogP contribution is 2.18. The first-order chi connectivity index (χ1) is 8.83. The van der Waals surface area contributed by atoms with Crippen LogP contribution in [0.1, 0.15) is 43.0 Å².